The van der Waals surface area contributed by atoms with Gasteiger partial charge in [0.25, 0.3) is 0 Å². The van der Waals surface area contributed by atoms with Gasteiger partial charge < -0.3 is 5.32 Å². The van der Waals surface area contributed by atoms with Gasteiger partial charge in [-0.3, -0.25) is 4.79 Å². The van der Waals surface area contributed by atoms with Gasteiger partial charge in [-0.1, -0.05) is 24.3 Å². The fourth-order valence-electron chi connectivity index (χ4n) is 3.62. The highest BCUT2D eigenvalue weighted by molar-refractivity contribution is 5.94. The molecule has 0 heterocycles. The molecule has 3 heteroatoms. The van der Waals surface area contributed by atoms with Gasteiger partial charge in [-0.15, -0.1) is 0 Å². The smallest absolute Gasteiger partial charge is 0.228 e. The average Bonchev–Trinajstić information content (AvgIpc) is 3.22. The number of amides is 1. The van der Waals surface area contributed by atoms with Crippen molar-refractivity contribution in [2.75, 3.05) is 5.32 Å². The third-order valence-corrected chi connectivity index (χ3v) is 4.91. The standard InChI is InChI=1S/C20H24FNO/c21-15-11-13-16(14-12-15)22-20(23)19-17-9-7-5-3-1-2-4-6-8-10-18(17)19/h3-6,11-14,17-19H,1-2,7-10H2,(H,22,23)/b5-3-,6-4-/t17-,18-/m1/s1. The molecule has 2 aliphatic rings. The third-order valence-electron chi connectivity index (χ3n) is 4.91. The van der Waals surface area contributed by atoms with Crippen LogP contribution in [0.3, 0.4) is 0 Å². The number of anilines is 1. The summed E-state index contributed by atoms with van der Waals surface area (Å²) in [4.78, 5) is 12.5. The van der Waals surface area contributed by atoms with Gasteiger partial charge in [0.2, 0.25) is 5.91 Å². The van der Waals surface area contributed by atoms with Crippen LogP contribution in [0, 0.1) is 23.6 Å². The van der Waals surface area contributed by atoms with Crippen molar-refractivity contribution in [3.8, 4) is 0 Å². The molecule has 0 bridgehead atoms. The average molecular weight is 313 g/mol. The van der Waals surface area contributed by atoms with Crippen LogP contribution in [0.2, 0.25) is 0 Å². The minimum absolute atomic E-state index is 0.0921. The highest BCUT2D eigenvalue weighted by atomic mass is 19.1. The molecule has 1 aromatic carbocycles. The Labute approximate surface area is 137 Å². The number of halogens is 1. The normalized spacial score (nSPS) is 30.2. The lowest BCUT2D eigenvalue weighted by Gasteiger charge is -2.04. The number of rotatable bonds is 2. The van der Waals surface area contributed by atoms with Gasteiger partial charge in [-0.25, -0.2) is 4.39 Å². The van der Waals surface area contributed by atoms with Crippen LogP contribution < -0.4 is 5.32 Å². The molecule has 2 aliphatic carbocycles. The predicted molar refractivity (Wildman–Crippen MR) is 91.5 cm³/mol. The molecule has 0 spiro atoms. The first-order valence-corrected chi connectivity index (χ1v) is 8.62. The van der Waals surface area contributed by atoms with Crippen LogP contribution in [0.1, 0.15) is 38.5 Å². The summed E-state index contributed by atoms with van der Waals surface area (Å²) in [5, 5.41) is 2.94. The van der Waals surface area contributed by atoms with Gasteiger partial charge in [0.1, 0.15) is 5.82 Å². The summed E-state index contributed by atoms with van der Waals surface area (Å²) >= 11 is 0. The van der Waals surface area contributed by atoms with E-state index in [9.17, 15) is 9.18 Å². The second kappa shape index (κ2) is 7.58. The van der Waals surface area contributed by atoms with E-state index < -0.39 is 0 Å². The number of carbonyl (C=O) groups is 1. The fourth-order valence-corrected chi connectivity index (χ4v) is 3.62. The molecular weight excluding hydrogens is 289 g/mol. The van der Waals surface area contributed by atoms with E-state index in [4.69, 9.17) is 0 Å². The number of hydrogen-bond acceptors (Lipinski definition) is 1. The Morgan fingerprint density at radius 3 is 1.96 bits per heavy atom. The molecule has 1 amide bonds. The SMILES string of the molecule is O=C(Nc1ccc(F)cc1)C1[C@@H]2CC/C=C\CC/C=C\CC[C@@H]12. The number of benzene rings is 1. The largest absolute Gasteiger partial charge is 0.326 e. The van der Waals surface area contributed by atoms with E-state index in [0.29, 0.717) is 17.5 Å². The van der Waals surface area contributed by atoms with Crippen LogP contribution in [0.4, 0.5) is 10.1 Å². The summed E-state index contributed by atoms with van der Waals surface area (Å²) in [6.45, 7) is 0. The van der Waals surface area contributed by atoms with Crippen molar-refractivity contribution in [2.24, 2.45) is 17.8 Å². The van der Waals surface area contributed by atoms with E-state index in [0.717, 1.165) is 38.5 Å². The number of nitrogens with one attached hydrogen (secondary N) is 1. The predicted octanol–water partition coefficient (Wildman–Crippen LogP) is 5.09. The van der Waals surface area contributed by atoms with Crippen molar-refractivity contribution in [1.29, 1.82) is 0 Å². The number of carbonyl (C=O) groups excluding carboxylic acids is 1. The highest BCUT2D eigenvalue weighted by Crippen LogP contribution is 2.52. The van der Waals surface area contributed by atoms with Crippen molar-refractivity contribution in [2.45, 2.75) is 38.5 Å². The molecule has 1 fully saturated rings. The van der Waals surface area contributed by atoms with Crippen LogP contribution in [-0.4, -0.2) is 5.91 Å². The molecule has 3 rings (SSSR count). The maximum atomic E-state index is 12.9. The van der Waals surface area contributed by atoms with E-state index in [1.807, 2.05) is 0 Å². The van der Waals surface area contributed by atoms with Gasteiger partial charge in [-0.05, 0) is 74.6 Å². The van der Waals surface area contributed by atoms with Gasteiger partial charge in [0.05, 0.1) is 0 Å². The van der Waals surface area contributed by atoms with Crippen molar-refractivity contribution in [1.82, 2.24) is 0 Å². The topological polar surface area (TPSA) is 29.1 Å². The lowest BCUT2D eigenvalue weighted by Crippen LogP contribution is -2.15. The van der Waals surface area contributed by atoms with Crippen LogP contribution >= 0.6 is 0 Å². The molecule has 0 radical (unpaired) electrons. The van der Waals surface area contributed by atoms with Crippen molar-refractivity contribution in [3.63, 3.8) is 0 Å². The number of hydrogen-bond donors (Lipinski definition) is 1. The number of fused-ring (bicyclic) bond motifs is 1. The Hall–Kier alpha value is -1.90. The minimum Gasteiger partial charge on any atom is -0.326 e. The van der Waals surface area contributed by atoms with Crippen molar-refractivity contribution >= 4 is 11.6 Å². The second-order valence-corrected chi connectivity index (χ2v) is 6.52. The molecule has 1 aromatic rings. The zero-order valence-electron chi connectivity index (χ0n) is 13.4. The molecule has 122 valence electrons. The Balaban J connectivity index is 1.60. The van der Waals surface area contributed by atoms with Crippen molar-refractivity contribution < 1.29 is 9.18 Å². The monoisotopic (exact) mass is 313 g/mol. The van der Waals surface area contributed by atoms with Gasteiger partial charge in [0.15, 0.2) is 0 Å². The molecule has 2 atom stereocenters. The minimum atomic E-state index is -0.283. The van der Waals surface area contributed by atoms with E-state index in [2.05, 4.69) is 29.6 Å². The summed E-state index contributed by atoms with van der Waals surface area (Å²) in [7, 11) is 0. The van der Waals surface area contributed by atoms with Crippen LogP contribution in [0.25, 0.3) is 0 Å². The number of allylic oxidation sites excluding steroid dienone is 4. The molecule has 1 N–H and O–H groups in total. The van der Waals surface area contributed by atoms with Gasteiger partial charge in [0, 0.05) is 11.6 Å². The maximum absolute atomic E-state index is 12.9. The summed E-state index contributed by atoms with van der Waals surface area (Å²) in [6.07, 6.45) is 15.5. The van der Waals surface area contributed by atoms with E-state index in [1.54, 1.807) is 12.1 Å². The quantitative estimate of drug-likeness (QED) is 0.757. The molecule has 0 aliphatic heterocycles. The first kappa shape index (κ1) is 16.0. The Morgan fingerprint density at radius 1 is 0.870 bits per heavy atom. The summed E-state index contributed by atoms with van der Waals surface area (Å²) in [5.74, 6) is 0.909. The van der Waals surface area contributed by atoms with Gasteiger partial charge in [-0.2, -0.15) is 0 Å². The van der Waals surface area contributed by atoms with E-state index >= 15 is 0 Å². The molecule has 0 unspecified atom stereocenters. The zero-order chi connectivity index (χ0) is 16.1. The summed E-state index contributed by atoms with van der Waals surface area (Å²) in [6, 6.07) is 5.99. The molecular formula is C20H24FNO. The zero-order valence-corrected chi connectivity index (χ0v) is 13.4. The molecule has 0 aromatic heterocycles. The van der Waals surface area contributed by atoms with Crippen LogP contribution in [-0.2, 0) is 4.79 Å². The molecule has 1 saturated carbocycles. The Kier molecular flexibility index (Phi) is 5.27. The van der Waals surface area contributed by atoms with Gasteiger partial charge >= 0.3 is 0 Å². The van der Waals surface area contributed by atoms with Crippen LogP contribution in [0.15, 0.2) is 48.6 Å². The molecule has 2 nitrogen and oxygen atoms in total. The maximum Gasteiger partial charge on any atom is 0.228 e. The lowest BCUT2D eigenvalue weighted by atomic mass is 10.1. The first-order chi connectivity index (χ1) is 11.3. The first-order valence-electron chi connectivity index (χ1n) is 8.62. The third kappa shape index (κ3) is 4.31. The van der Waals surface area contributed by atoms with E-state index in [-0.39, 0.29) is 17.6 Å². The highest BCUT2D eigenvalue weighted by Gasteiger charge is 2.52. The van der Waals surface area contributed by atoms with Crippen molar-refractivity contribution in [3.05, 3.63) is 54.4 Å². The molecule has 0 saturated heterocycles. The lowest BCUT2D eigenvalue weighted by molar-refractivity contribution is -0.117. The van der Waals surface area contributed by atoms with Crippen LogP contribution in [0.5, 0.6) is 0 Å². The molecule has 23 heavy (non-hydrogen) atoms. The fraction of sp³-hybridized carbons (Fsp3) is 0.450. The Bertz CT molecular complexity index is 566. The Morgan fingerprint density at radius 2 is 1.39 bits per heavy atom. The second-order valence-electron chi connectivity index (χ2n) is 6.52. The summed E-state index contributed by atoms with van der Waals surface area (Å²) in [5.41, 5.74) is 0.679. The summed E-state index contributed by atoms with van der Waals surface area (Å²) < 4.78 is 12.9. The van der Waals surface area contributed by atoms with E-state index in [1.165, 1.54) is 12.1 Å².